The minimum absolute atomic E-state index is 0.00797. The first-order valence-corrected chi connectivity index (χ1v) is 6.83. The third-order valence-electron chi connectivity index (χ3n) is 3.54. The van der Waals surface area contributed by atoms with Gasteiger partial charge in [0.2, 0.25) is 0 Å². The highest BCUT2D eigenvalue weighted by molar-refractivity contribution is 6.14. The molecule has 3 nitrogen and oxygen atoms in total. The molecule has 106 valence electrons. The number of phenolic OH excluding ortho intramolecular Hbond substituents is 1. The molecule has 0 saturated carbocycles. The van der Waals surface area contributed by atoms with Crippen molar-refractivity contribution in [2.45, 2.75) is 13.8 Å². The molecule has 3 rings (SSSR count). The van der Waals surface area contributed by atoms with Gasteiger partial charge < -0.3 is 9.84 Å². The summed E-state index contributed by atoms with van der Waals surface area (Å²) in [4.78, 5) is 12.6. The molecule has 21 heavy (non-hydrogen) atoms. The fraction of sp³-hybridized carbons (Fsp3) is 0.167. The van der Waals surface area contributed by atoms with Gasteiger partial charge in [0.05, 0.1) is 5.56 Å². The number of carbonyl (C=O) groups excluding carboxylic acids is 1. The van der Waals surface area contributed by atoms with Crippen LogP contribution in [0.4, 0.5) is 0 Å². The van der Waals surface area contributed by atoms with Crippen LogP contribution in [0.25, 0.3) is 6.08 Å². The van der Waals surface area contributed by atoms with E-state index < -0.39 is 0 Å². The van der Waals surface area contributed by atoms with Crippen LogP contribution in [0.2, 0.25) is 0 Å². The maximum absolute atomic E-state index is 12.6. The summed E-state index contributed by atoms with van der Waals surface area (Å²) in [6, 6.07) is 10.7. The van der Waals surface area contributed by atoms with Crippen LogP contribution >= 0.6 is 0 Å². The predicted molar refractivity (Wildman–Crippen MR) is 81.8 cm³/mol. The third kappa shape index (κ3) is 2.55. The molecule has 3 heteroatoms. The monoisotopic (exact) mass is 280 g/mol. The first kappa shape index (κ1) is 13.4. The molecule has 0 fully saturated rings. The topological polar surface area (TPSA) is 46.5 Å². The molecule has 0 bridgehead atoms. The van der Waals surface area contributed by atoms with Gasteiger partial charge in [-0.2, -0.15) is 0 Å². The van der Waals surface area contributed by atoms with Gasteiger partial charge in [-0.05, 0) is 54.8 Å². The van der Waals surface area contributed by atoms with Crippen molar-refractivity contribution in [3.8, 4) is 11.5 Å². The van der Waals surface area contributed by atoms with Gasteiger partial charge in [0.1, 0.15) is 18.1 Å². The van der Waals surface area contributed by atoms with Crippen LogP contribution < -0.4 is 4.74 Å². The summed E-state index contributed by atoms with van der Waals surface area (Å²) in [7, 11) is 0. The minimum atomic E-state index is -0.00797. The van der Waals surface area contributed by atoms with E-state index >= 15 is 0 Å². The van der Waals surface area contributed by atoms with Gasteiger partial charge in [-0.15, -0.1) is 0 Å². The average molecular weight is 280 g/mol. The molecular formula is C18H16O3. The number of hydrogen-bond acceptors (Lipinski definition) is 3. The fourth-order valence-corrected chi connectivity index (χ4v) is 2.63. The van der Waals surface area contributed by atoms with Crippen molar-refractivity contribution in [2.75, 3.05) is 6.61 Å². The van der Waals surface area contributed by atoms with Crippen molar-refractivity contribution < 1.29 is 14.6 Å². The number of fused-ring (bicyclic) bond motifs is 1. The van der Waals surface area contributed by atoms with E-state index in [4.69, 9.17) is 4.74 Å². The molecular weight excluding hydrogens is 264 g/mol. The molecule has 0 amide bonds. The molecule has 0 spiro atoms. The first-order chi connectivity index (χ1) is 10.0. The van der Waals surface area contributed by atoms with E-state index in [9.17, 15) is 9.90 Å². The Hall–Kier alpha value is -2.55. The summed E-state index contributed by atoms with van der Waals surface area (Å²) in [6.45, 7) is 4.17. The normalized spacial score (nSPS) is 15.7. The number of benzene rings is 2. The third-order valence-corrected chi connectivity index (χ3v) is 3.54. The Labute approximate surface area is 123 Å². The van der Waals surface area contributed by atoms with E-state index in [1.165, 1.54) is 0 Å². The Morgan fingerprint density at radius 1 is 1.19 bits per heavy atom. The maximum atomic E-state index is 12.6. The molecule has 2 aromatic carbocycles. The summed E-state index contributed by atoms with van der Waals surface area (Å²) < 4.78 is 5.74. The number of rotatable bonds is 1. The number of ether oxygens (including phenoxy) is 1. The Kier molecular flexibility index (Phi) is 3.26. The summed E-state index contributed by atoms with van der Waals surface area (Å²) in [5.41, 5.74) is 4.02. The number of hydrogen-bond donors (Lipinski definition) is 1. The molecule has 2 aromatic rings. The Bertz CT molecular complexity index is 757. The highest BCUT2D eigenvalue weighted by Crippen LogP contribution is 2.32. The van der Waals surface area contributed by atoms with Gasteiger partial charge in [0, 0.05) is 5.57 Å². The molecule has 0 atom stereocenters. The number of aryl methyl sites for hydroxylation is 2. The number of aromatic hydroxyl groups is 1. The Morgan fingerprint density at radius 3 is 2.76 bits per heavy atom. The predicted octanol–water partition coefficient (Wildman–Crippen LogP) is 3.67. The lowest BCUT2D eigenvalue weighted by atomic mass is 9.95. The Morgan fingerprint density at radius 2 is 2.00 bits per heavy atom. The molecule has 1 heterocycles. The molecule has 0 radical (unpaired) electrons. The SMILES string of the molecule is Cc1cc(C)c2c(c1)C(=O)/C(=C\c1cccc(O)c1)CO2. The van der Waals surface area contributed by atoms with Crippen LogP contribution in [0.5, 0.6) is 11.5 Å². The van der Waals surface area contributed by atoms with Gasteiger partial charge in [-0.25, -0.2) is 0 Å². The molecule has 0 aliphatic carbocycles. The Balaban J connectivity index is 2.03. The van der Waals surface area contributed by atoms with E-state index in [0.29, 0.717) is 16.9 Å². The van der Waals surface area contributed by atoms with Gasteiger partial charge in [-0.1, -0.05) is 18.2 Å². The van der Waals surface area contributed by atoms with Crippen molar-refractivity contribution in [1.29, 1.82) is 0 Å². The lowest BCUT2D eigenvalue weighted by Crippen LogP contribution is -2.20. The lowest BCUT2D eigenvalue weighted by molar-refractivity contribution is 0.100. The lowest BCUT2D eigenvalue weighted by Gasteiger charge is -2.21. The first-order valence-electron chi connectivity index (χ1n) is 6.83. The number of carbonyl (C=O) groups is 1. The van der Waals surface area contributed by atoms with Crippen LogP contribution in [-0.2, 0) is 0 Å². The van der Waals surface area contributed by atoms with E-state index in [1.807, 2.05) is 32.0 Å². The quantitative estimate of drug-likeness (QED) is 0.811. The van der Waals surface area contributed by atoms with E-state index in [0.717, 1.165) is 16.7 Å². The second-order valence-electron chi connectivity index (χ2n) is 5.34. The molecule has 0 aromatic heterocycles. The van der Waals surface area contributed by atoms with Crippen molar-refractivity contribution >= 4 is 11.9 Å². The van der Waals surface area contributed by atoms with Crippen LogP contribution in [-0.4, -0.2) is 17.5 Å². The second kappa shape index (κ2) is 5.09. The standard InChI is InChI=1S/C18H16O3/c1-11-6-12(2)18-16(7-11)17(20)14(10-21-18)8-13-4-3-5-15(19)9-13/h3-9,19H,10H2,1-2H3/b14-8-. The van der Waals surface area contributed by atoms with Gasteiger partial charge in [-0.3, -0.25) is 4.79 Å². The van der Waals surface area contributed by atoms with Gasteiger partial charge in [0.25, 0.3) is 0 Å². The minimum Gasteiger partial charge on any atom is -0.508 e. The molecule has 0 unspecified atom stereocenters. The van der Waals surface area contributed by atoms with Crippen LogP contribution in [0.15, 0.2) is 42.0 Å². The highest BCUT2D eigenvalue weighted by atomic mass is 16.5. The van der Waals surface area contributed by atoms with Crippen LogP contribution in [0, 0.1) is 13.8 Å². The van der Waals surface area contributed by atoms with E-state index in [1.54, 1.807) is 24.3 Å². The van der Waals surface area contributed by atoms with E-state index in [2.05, 4.69) is 0 Å². The molecule has 1 aliphatic heterocycles. The zero-order valence-electron chi connectivity index (χ0n) is 12.0. The van der Waals surface area contributed by atoms with Crippen molar-refractivity contribution in [2.24, 2.45) is 0 Å². The zero-order valence-corrected chi connectivity index (χ0v) is 12.0. The zero-order chi connectivity index (χ0) is 15.0. The number of phenols is 1. The van der Waals surface area contributed by atoms with E-state index in [-0.39, 0.29) is 18.1 Å². The largest absolute Gasteiger partial charge is 0.508 e. The highest BCUT2D eigenvalue weighted by Gasteiger charge is 2.24. The smallest absolute Gasteiger partial charge is 0.196 e. The number of Topliss-reactive ketones (excluding diaryl/α,β-unsaturated/α-hetero) is 1. The summed E-state index contributed by atoms with van der Waals surface area (Å²) in [6.07, 6.45) is 1.77. The fourth-order valence-electron chi connectivity index (χ4n) is 2.63. The summed E-state index contributed by atoms with van der Waals surface area (Å²) in [5, 5.41) is 9.49. The average Bonchev–Trinajstić information content (AvgIpc) is 2.42. The number of ketones is 1. The van der Waals surface area contributed by atoms with Gasteiger partial charge >= 0.3 is 0 Å². The van der Waals surface area contributed by atoms with Crippen molar-refractivity contribution in [3.63, 3.8) is 0 Å². The van der Waals surface area contributed by atoms with Crippen LogP contribution in [0.3, 0.4) is 0 Å². The molecule has 0 saturated heterocycles. The van der Waals surface area contributed by atoms with Crippen LogP contribution in [0.1, 0.15) is 27.0 Å². The molecule has 1 aliphatic rings. The van der Waals surface area contributed by atoms with Gasteiger partial charge in [0.15, 0.2) is 5.78 Å². The summed E-state index contributed by atoms with van der Waals surface area (Å²) >= 11 is 0. The van der Waals surface area contributed by atoms with Crippen molar-refractivity contribution in [1.82, 2.24) is 0 Å². The van der Waals surface area contributed by atoms with Crippen molar-refractivity contribution in [3.05, 3.63) is 64.2 Å². The second-order valence-corrected chi connectivity index (χ2v) is 5.34. The summed E-state index contributed by atoms with van der Waals surface area (Å²) in [5.74, 6) is 0.852. The molecule has 1 N–H and O–H groups in total. The maximum Gasteiger partial charge on any atom is 0.196 e.